The summed E-state index contributed by atoms with van der Waals surface area (Å²) in [6, 6.07) is 8.00. The minimum absolute atomic E-state index is 0.311. The van der Waals surface area contributed by atoms with Gasteiger partial charge in [0.15, 0.2) is 0 Å². The Hall–Kier alpha value is -1.54. The highest BCUT2D eigenvalue weighted by Crippen LogP contribution is 2.17. The van der Waals surface area contributed by atoms with Gasteiger partial charge in [-0.05, 0) is 13.1 Å². The third-order valence-corrected chi connectivity index (χ3v) is 3.28. The van der Waals surface area contributed by atoms with Crippen LogP contribution in [0.2, 0.25) is 0 Å². The lowest BCUT2D eigenvalue weighted by atomic mass is 10.2. The van der Waals surface area contributed by atoms with Crippen molar-refractivity contribution < 1.29 is 4.74 Å². The topological polar surface area (TPSA) is 27.7 Å². The van der Waals surface area contributed by atoms with Crippen molar-refractivity contribution in [2.45, 2.75) is 6.54 Å². The molecule has 102 valence electrons. The highest BCUT2D eigenvalue weighted by atomic mass is 16.5. The number of hydrogen-bond acceptors (Lipinski definition) is 4. The second-order valence-corrected chi connectivity index (χ2v) is 4.73. The molecular weight excluding hydrogens is 238 g/mol. The summed E-state index contributed by atoms with van der Waals surface area (Å²) in [5.41, 5.74) is 4.59. The lowest BCUT2D eigenvalue weighted by molar-refractivity contribution is 0.102. The van der Waals surface area contributed by atoms with Gasteiger partial charge in [-0.3, -0.25) is 5.43 Å². The second-order valence-electron chi connectivity index (χ2n) is 4.73. The number of terminal acetylenes is 1. The molecule has 0 amide bonds. The molecule has 1 N–H and O–H groups in total. The standard InChI is InChI=1S/C15H21N3O/c1-3-12-19-15-7-5-4-6-14(15)13-16-18-10-8-17(2)9-11-18/h1,4-7,16H,8-13H2,2H3. The van der Waals surface area contributed by atoms with Crippen LogP contribution in [0, 0.1) is 12.3 Å². The van der Waals surface area contributed by atoms with Gasteiger partial charge >= 0.3 is 0 Å². The summed E-state index contributed by atoms with van der Waals surface area (Å²) in [5, 5.41) is 2.26. The van der Waals surface area contributed by atoms with E-state index in [1.807, 2.05) is 18.2 Å². The van der Waals surface area contributed by atoms with Crippen LogP contribution in [0.5, 0.6) is 5.75 Å². The smallest absolute Gasteiger partial charge is 0.148 e. The molecule has 1 aromatic rings. The quantitative estimate of drug-likeness (QED) is 0.797. The van der Waals surface area contributed by atoms with Gasteiger partial charge in [0.2, 0.25) is 0 Å². The molecule has 1 aromatic carbocycles. The van der Waals surface area contributed by atoms with Gasteiger partial charge in [-0.15, -0.1) is 6.42 Å². The lowest BCUT2D eigenvalue weighted by Gasteiger charge is -2.32. The normalized spacial score (nSPS) is 17.1. The molecule has 0 bridgehead atoms. The average Bonchev–Trinajstić information content (AvgIpc) is 2.45. The maximum atomic E-state index is 5.54. The summed E-state index contributed by atoms with van der Waals surface area (Å²) < 4.78 is 5.54. The molecule has 0 aromatic heterocycles. The number of nitrogens with one attached hydrogen (secondary N) is 1. The fourth-order valence-corrected chi connectivity index (χ4v) is 2.07. The predicted octanol–water partition coefficient (Wildman–Crippen LogP) is 0.951. The molecule has 0 radical (unpaired) electrons. The van der Waals surface area contributed by atoms with E-state index in [2.05, 4.69) is 34.4 Å². The summed E-state index contributed by atoms with van der Waals surface area (Å²) >= 11 is 0. The second kappa shape index (κ2) is 7.15. The number of benzene rings is 1. The Morgan fingerprint density at radius 3 is 2.74 bits per heavy atom. The van der Waals surface area contributed by atoms with E-state index < -0.39 is 0 Å². The van der Waals surface area contributed by atoms with Gasteiger partial charge in [0.1, 0.15) is 12.4 Å². The summed E-state index contributed by atoms with van der Waals surface area (Å²) in [4.78, 5) is 2.34. The molecule has 0 atom stereocenters. The van der Waals surface area contributed by atoms with Gasteiger partial charge < -0.3 is 9.64 Å². The zero-order valence-electron chi connectivity index (χ0n) is 11.4. The molecule has 4 heteroatoms. The molecule has 1 saturated heterocycles. The maximum Gasteiger partial charge on any atom is 0.148 e. The Morgan fingerprint density at radius 2 is 2.00 bits per heavy atom. The van der Waals surface area contributed by atoms with Crippen molar-refractivity contribution in [3.63, 3.8) is 0 Å². The Labute approximate surface area is 115 Å². The van der Waals surface area contributed by atoms with Crippen molar-refractivity contribution in [1.82, 2.24) is 15.3 Å². The van der Waals surface area contributed by atoms with Crippen molar-refractivity contribution in [3.05, 3.63) is 29.8 Å². The number of para-hydroxylation sites is 1. The third kappa shape index (κ3) is 4.25. The van der Waals surface area contributed by atoms with Crippen molar-refractivity contribution in [3.8, 4) is 18.1 Å². The number of hydrazine groups is 1. The minimum atomic E-state index is 0.311. The summed E-state index contributed by atoms with van der Waals surface area (Å²) in [6.45, 7) is 5.37. The van der Waals surface area contributed by atoms with Gasteiger partial charge in [-0.25, -0.2) is 5.01 Å². The zero-order chi connectivity index (χ0) is 13.5. The third-order valence-electron chi connectivity index (χ3n) is 3.28. The molecule has 0 unspecified atom stereocenters. The number of likely N-dealkylation sites (N-methyl/N-ethyl adjacent to an activating group) is 1. The van der Waals surface area contributed by atoms with E-state index in [1.54, 1.807) is 0 Å². The SMILES string of the molecule is C#CCOc1ccccc1CNN1CCN(C)CC1. The van der Waals surface area contributed by atoms with Crippen LogP contribution in [0.1, 0.15) is 5.56 Å². The number of piperazine rings is 1. The van der Waals surface area contributed by atoms with E-state index in [4.69, 9.17) is 11.2 Å². The number of nitrogens with zero attached hydrogens (tertiary/aromatic N) is 2. The van der Waals surface area contributed by atoms with Gasteiger partial charge in [0, 0.05) is 38.3 Å². The molecular formula is C15H21N3O. The van der Waals surface area contributed by atoms with E-state index in [9.17, 15) is 0 Å². The van der Waals surface area contributed by atoms with E-state index in [-0.39, 0.29) is 0 Å². The molecule has 4 nitrogen and oxygen atoms in total. The van der Waals surface area contributed by atoms with Crippen LogP contribution in [0.15, 0.2) is 24.3 Å². The number of rotatable bonds is 5. The Morgan fingerprint density at radius 1 is 1.26 bits per heavy atom. The van der Waals surface area contributed by atoms with Crippen molar-refractivity contribution in [1.29, 1.82) is 0 Å². The maximum absolute atomic E-state index is 5.54. The molecule has 0 spiro atoms. The molecule has 1 heterocycles. The van der Waals surface area contributed by atoms with Crippen LogP contribution in [0.25, 0.3) is 0 Å². The predicted molar refractivity (Wildman–Crippen MR) is 76.7 cm³/mol. The lowest BCUT2D eigenvalue weighted by Crippen LogP contribution is -2.50. The fraction of sp³-hybridized carbons (Fsp3) is 0.467. The van der Waals surface area contributed by atoms with Crippen LogP contribution in [-0.4, -0.2) is 49.7 Å². The first-order valence-electron chi connectivity index (χ1n) is 6.61. The molecule has 0 saturated carbocycles. The van der Waals surface area contributed by atoms with Gasteiger partial charge in [0.05, 0.1) is 0 Å². The molecule has 1 aliphatic rings. The van der Waals surface area contributed by atoms with Crippen molar-refractivity contribution in [2.24, 2.45) is 0 Å². The van der Waals surface area contributed by atoms with Crippen molar-refractivity contribution in [2.75, 3.05) is 39.8 Å². The number of ether oxygens (including phenoxy) is 1. The molecule has 19 heavy (non-hydrogen) atoms. The highest BCUT2D eigenvalue weighted by molar-refractivity contribution is 5.33. The Balaban J connectivity index is 1.87. The first kappa shape index (κ1) is 13.9. The number of hydrogen-bond donors (Lipinski definition) is 1. The van der Waals surface area contributed by atoms with Crippen LogP contribution in [0.4, 0.5) is 0 Å². The van der Waals surface area contributed by atoms with E-state index >= 15 is 0 Å². The average molecular weight is 259 g/mol. The summed E-state index contributed by atoms with van der Waals surface area (Å²) in [6.07, 6.45) is 5.23. The van der Waals surface area contributed by atoms with E-state index in [0.29, 0.717) is 6.61 Å². The van der Waals surface area contributed by atoms with E-state index in [1.165, 1.54) is 0 Å². The molecule has 0 aliphatic carbocycles. The van der Waals surface area contributed by atoms with Gasteiger partial charge in [0.25, 0.3) is 0 Å². The molecule has 2 rings (SSSR count). The zero-order valence-corrected chi connectivity index (χ0v) is 11.4. The molecule has 1 aliphatic heterocycles. The Bertz CT molecular complexity index is 433. The first-order valence-corrected chi connectivity index (χ1v) is 6.61. The van der Waals surface area contributed by atoms with Crippen LogP contribution in [-0.2, 0) is 6.54 Å². The largest absolute Gasteiger partial charge is 0.481 e. The van der Waals surface area contributed by atoms with Crippen LogP contribution < -0.4 is 10.2 Å². The minimum Gasteiger partial charge on any atom is -0.481 e. The summed E-state index contributed by atoms with van der Waals surface area (Å²) in [7, 11) is 2.15. The van der Waals surface area contributed by atoms with E-state index in [0.717, 1.165) is 44.0 Å². The van der Waals surface area contributed by atoms with Crippen LogP contribution in [0.3, 0.4) is 0 Å². The van der Waals surface area contributed by atoms with Crippen LogP contribution >= 0.6 is 0 Å². The fourth-order valence-electron chi connectivity index (χ4n) is 2.07. The van der Waals surface area contributed by atoms with Gasteiger partial charge in [-0.2, -0.15) is 0 Å². The monoisotopic (exact) mass is 259 g/mol. The Kier molecular flexibility index (Phi) is 5.22. The van der Waals surface area contributed by atoms with Gasteiger partial charge in [-0.1, -0.05) is 24.1 Å². The summed E-state index contributed by atoms with van der Waals surface area (Å²) in [5.74, 6) is 3.36. The molecule has 1 fully saturated rings. The van der Waals surface area contributed by atoms with Crippen molar-refractivity contribution >= 4 is 0 Å². The highest BCUT2D eigenvalue weighted by Gasteiger charge is 2.13. The first-order chi connectivity index (χ1) is 9.29.